The van der Waals surface area contributed by atoms with E-state index in [-0.39, 0.29) is 18.0 Å². The van der Waals surface area contributed by atoms with E-state index in [4.69, 9.17) is 4.74 Å². The maximum atomic E-state index is 12.2. The third-order valence-corrected chi connectivity index (χ3v) is 4.55. The first-order chi connectivity index (χ1) is 11.0. The van der Waals surface area contributed by atoms with Crippen molar-refractivity contribution in [3.05, 3.63) is 24.0 Å². The van der Waals surface area contributed by atoms with Crippen molar-refractivity contribution >= 4 is 5.78 Å². The molecule has 2 unspecified atom stereocenters. The van der Waals surface area contributed by atoms with E-state index in [2.05, 4.69) is 6.92 Å². The maximum absolute atomic E-state index is 12.2. The van der Waals surface area contributed by atoms with Crippen LogP contribution in [0.2, 0.25) is 0 Å². The number of hydrogen-bond donors (Lipinski definition) is 2. The second kappa shape index (κ2) is 10.6. The Balaban J connectivity index is 2.27. The Morgan fingerprint density at radius 1 is 1.26 bits per heavy atom. The summed E-state index contributed by atoms with van der Waals surface area (Å²) in [7, 11) is 1.55. The van der Waals surface area contributed by atoms with Gasteiger partial charge in [-0.2, -0.15) is 0 Å². The summed E-state index contributed by atoms with van der Waals surface area (Å²) in [4.78, 5) is 12.2. The monoisotopic (exact) mass is 324 g/mol. The molecule has 0 saturated carbocycles. The number of aliphatic hydroxyl groups is 2. The zero-order valence-electron chi connectivity index (χ0n) is 14.6. The van der Waals surface area contributed by atoms with Crippen LogP contribution in [0.5, 0.6) is 0 Å². The molecule has 0 radical (unpaired) electrons. The van der Waals surface area contributed by atoms with Crippen LogP contribution in [-0.4, -0.2) is 34.8 Å². The summed E-state index contributed by atoms with van der Waals surface area (Å²) in [5, 5.41) is 19.4. The number of allylic oxidation sites excluding steroid dienone is 1. The van der Waals surface area contributed by atoms with E-state index in [1.54, 1.807) is 25.3 Å². The minimum absolute atomic E-state index is 0.140. The second-order valence-electron chi connectivity index (χ2n) is 6.50. The number of ketones is 1. The van der Waals surface area contributed by atoms with Gasteiger partial charge in [-0.05, 0) is 24.6 Å². The third kappa shape index (κ3) is 7.32. The van der Waals surface area contributed by atoms with E-state index in [9.17, 15) is 15.0 Å². The van der Waals surface area contributed by atoms with Crippen LogP contribution in [-0.2, 0) is 9.53 Å². The summed E-state index contributed by atoms with van der Waals surface area (Å²) < 4.78 is 5.45. The molecule has 0 fully saturated rings. The Morgan fingerprint density at radius 3 is 2.48 bits per heavy atom. The van der Waals surface area contributed by atoms with Gasteiger partial charge >= 0.3 is 0 Å². The summed E-state index contributed by atoms with van der Waals surface area (Å²) in [5.41, 5.74) is -0.732. The fraction of sp³-hybridized carbons (Fsp3) is 0.737. The van der Waals surface area contributed by atoms with Crippen molar-refractivity contribution < 1.29 is 19.7 Å². The Bertz CT molecular complexity index is 414. The molecule has 0 amide bonds. The fourth-order valence-electron chi connectivity index (χ4n) is 2.87. The van der Waals surface area contributed by atoms with Crippen LogP contribution in [0.1, 0.15) is 71.1 Å². The lowest BCUT2D eigenvalue weighted by Gasteiger charge is -2.30. The molecule has 1 aliphatic carbocycles. The summed E-state index contributed by atoms with van der Waals surface area (Å²) in [5.74, 6) is 0.00557. The molecule has 0 aromatic carbocycles. The van der Waals surface area contributed by atoms with Gasteiger partial charge in [-0.1, -0.05) is 51.9 Å². The SMILES string of the molecule is CCCCCCCCCC(O)C(=O)CC1(OC)C=CC(O)=CC1. The Hall–Kier alpha value is -1.13. The molecule has 132 valence electrons. The van der Waals surface area contributed by atoms with E-state index in [1.165, 1.54) is 32.1 Å². The minimum atomic E-state index is -0.912. The molecule has 4 heteroatoms. The summed E-state index contributed by atoms with van der Waals surface area (Å²) in [6, 6.07) is 0. The number of Topliss-reactive ketones (excluding diaryl/α,β-unsaturated/α-hetero) is 1. The van der Waals surface area contributed by atoms with Crippen molar-refractivity contribution in [2.24, 2.45) is 0 Å². The molecule has 0 aromatic heterocycles. The van der Waals surface area contributed by atoms with Crippen LogP contribution in [0.15, 0.2) is 24.0 Å². The number of unbranched alkanes of at least 4 members (excludes halogenated alkanes) is 6. The smallest absolute Gasteiger partial charge is 0.164 e. The van der Waals surface area contributed by atoms with Gasteiger partial charge in [-0.25, -0.2) is 0 Å². The number of ether oxygens (including phenoxy) is 1. The highest BCUT2D eigenvalue weighted by atomic mass is 16.5. The van der Waals surface area contributed by atoms with Gasteiger partial charge in [0.25, 0.3) is 0 Å². The molecule has 0 heterocycles. The molecule has 0 bridgehead atoms. The topological polar surface area (TPSA) is 66.8 Å². The van der Waals surface area contributed by atoms with Crippen molar-refractivity contribution in [3.63, 3.8) is 0 Å². The number of hydrogen-bond acceptors (Lipinski definition) is 4. The zero-order valence-corrected chi connectivity index (χ0v) is 14.6. The van der Waals surface area contributed by atoms with Gasteiger partial charge in [-0.3, -0.25) is 4.79 Å². The highest BCUT2D eigenvalue weighted by Gasteiger charge is 2.33. The molecule has 0 spiro atoms. The number of rotatable bonds is 12. The third-order valence-electron chi connectivity index (χ3n) is 4.55. The van der Waals surface area contributed by atoms with Gasteiger partial charge in [0.05, 0.1) is 5.60 Å². The molecule has 23 heavy (non-hydrogen) atoms. The van der Waals surface area contributed by atoms with E-state index in [0.29, 0.717) is 12.8 Å². The van der Waals surface area contributed by atoms with E-state index in [1.807, 2.05) is 0 Å². The van der Waals surface area contributed by atoms with Crippen molar-refractivity contribution in [2.45, 2.75) is 82.8 Å². The summed E-state index contributed by atoms with van der Waals surface area (Å²) >= 11 is 0. The molecule has 1 rings (SSSR count). The van der Waals surface area contributed by atoms with Gasteiger partial charge in [0.1, 0.15) is 11.9 Å². The Labute approximate surface area is 140 Å². The molecule has 2 atom stereocenters. The lowest BCUT2D eigenvalue weighted by atomic mass is 9.87. The highest BCUT2D eigenvalue weighted by Crippen LogP contribution is 2.28. The first kappa shape index (κ1) is 19.9. The lowest BCUT2D eigenvalue weighted by Crippen LogP contribution is -2.36. The summed E-state index contributed by atoms with van der Waals surface area (Å²) in [6.07, 6.45) is 13.3. The van der Waals surface area contributed by atoms with Crippen LogP contribution in [0, 0.1) is 0 Å². The molecule has 0 saturated heterocycles. The molecular weight excluding hydrogens is 292 g/mol. The molecule has 0 aliphatic heterocycles. The highest BCUT2D eigenvalue weighted by molar-refractivity contribution is 5.84. The lowest BCUT2D eigenvalue weighted by molar-refractivity contribution is -0.132. The predicted molar refractivity (Wildman–Crippen MR) is 92.4 cm³/mol. The molecule has 4 nitrogen and oxygen atoms in total. The van der Waals surface area contributed by atoms with Crippen LogP contribution in [0.25, 0.3) is 0 Å². The normalized spacial score (nSPS) is 22.0. The zero-order chi connectivity index (χ0) is 17.1. The van der Waals surface area contributed by atoms with Crippen LogP contribution in [0.4, 0.5) is 0 Å². The molecule has 1 aliphatic rings. The number of aliphatic hydroxyl groups excluding tert-OH is 2. The Kier molecular flexibility index (Phi) is 9.19. The quantitative estimate of drug-likeness (QED) is 0.527. The standard InChI is InChI=1S/C19H32O4/c1-3-4-5-6-7-8-9-10-17(21)18(22)15-19(23-2)13-11-16(20)12-14-19/h11-13,17,20-21H,3-10,14-15H2,1-2H3. The van der Waals surface area contributed by atoms with Gasteiger partial charge < -0.3 is 14.9 Å². The second-order valence-corrected chi connectivity index (χ2v) is 6.50. The van der Waals surface area contributed by atoms with Crippen molar-refractivity contribution in [1.29, 1.82) is 0 Å². The molecular formula is C19H32O4. The average molecular weight is 324 g/mol. The predicted octanol–water partition coefficient (Wildman–Crippen LogP) is 4.23. The van der Waals surface area contributed by atoms with E-state index in [0.717, 1.165) is 12.8 Å². The molecule has 2 N–H and O–H groups in total. The van der Waals surface area contributed by atoms with Gasteiger partial charge in [-0.15, -0.1) is 0 Å². The van der Waals surface area contributed by atoms with Gasteiger partial charge in [0.15, 0.2) is 5.78 Å². The first-order valence-electron chi connectivity index (χ1n) is 8.87. The average Bonchev–Trinajstić information content (AvgIpc) is 2.56. The molecule has 0 aromatic rings. The van der Waals surface area contributed by atoms with Crippen LogP contribution >= 0.6 is 0 Å². The minimum Gasteiger partial charge on any atom is -0.508 e. The van der Waals surface area contributed by atoms with Crippen LogP contribution < -0.4 is 0 Å². The van der Waals surface area contributed by atoms with E-state index < -0.39 is 11.7 Å². The largest absolute Gasteiger partial charge is 0.508 e. The number of methoxy groups -OCH3 is 1. The van der Waals surface area contributed by atoms with Crippen molar-refractivity contribution in [3.8, 4) is 0 Å². The van der Waals surface area contributed by atoms with E-state index >= 15 is 0 Å². The van der Waals surface area contributed by atoms with Gasteiger partial charge in [0, 0.05) is 20.0 Å². The number of carbonyl (C=O) groups is 1. The van der Waals surface area contributed by atoms with Crippen molar-refractivity contribution in [1.82, 2.24) is 0 Å². The van der Waals surface area contributed by atoms with Crippen LogP contribution in [0.3, 0.4) is 0 Å². The summed E-state index contributed by atoms with van der Waals surface area (Å²) in [6.45, 7) is 2.20. The Morgan fingerprint density at radius 2 is 1.91 bits per heavy atom. The van der Waals surface area contributed by atoms with Gasteiger partial charge in [0.2, 0.25) is 0 Å². The first-order valence-corrected chi connectivity index (χ1v) is 8.87. The number of carbonyl (C=O) groups excluding carboxylic acids is 1. The maximum Gasteiger partial charge on any atom is 0.164 e. The van der Waals surface area contributed by atoms with Crippen molar-refractivity contribution in [2.75, 3.05) is 7.11 Å². The fourth-order valence-corrected chi connectivity index (χ4v) is 2.87.